The normalized spacial score (nSPS) is 14.2. The van der Waals surface area contributed by atoms with Gasteiger partial charge in [0.1, 0.15) is 11.6 Å². The molecule has 1 aromatic rings. The van der Waals surface area contributed by atoms with Crippen LogP contribution in [0.25, 0.3) is 0 Å². The zero-order valence-electron chi connectivity index (χ0n) is 10.7. The minimum atomic E-state index is -2.03. The maximum Gasteiger partial charge on any atom is 0.248 e. The molecule has 3 N–H and O–H groups in total. The highest BCUT2D eigenvalue weighted by atomic mass is 32.2. The molecule has 0 radical (unpaired) electrons. The molecule has 1 amide bonds. The Hall–Kier alpha value is -1.34. The second kappa shape index (κ2) is 6.72. The van der Waals surface area contributed by atoms with Crippen molar-refractivity contribution in [3.63, 3.8) is 0 Å². The Balaban J connectivity index is 2.71. The van der Waals surface area contributed by atoms with E-state index in [0.29, 0.717) is 12.5 Å². The Bertz CT molecular complexity index is 474. The SMILES string of the molecule is CC(C)CC(N)C(=O)NS(=O)c1cc(F)cc(F)c1. The highest BCUT2D eigenvalue weighted by molar-refractivity contribution is 7.83. The number of rotatable bonds is 5. The molecule has 1 rings (SSSR count). The quantitative estimate of drug-likeness (QED) is 0.862. The van der Waals surface area contributed by atoms with E-state index in [-0.39, 0.29) is 10.8 Å². The lowest BCUT2D eigenvalue weighted by Gasteiger charge is -2.13. The number of carbonyl (C=O) groups is 1. The van der Waals surface area contributed by atoms with E-state index in [2.05, 4.69) is 4.72 Å². The topological polar surface area (TPSA) is 72.2 Å². The molecule has 1 aromatic carbocycles. The van der Waals surface area contributed by atoms with E-state index in [1.807, 2.05) is 13.8 Å². The van der Waals surface area contributed by atoms with E-state index < -0.39 is 34.6 Å². The third-order valence-electron chi connectivity index (χ3n) is 2.31. The van der Waals surface area contributed by atoms with Crippen LogP contribution in [0.2, 0.25) is 0 Å². The predicted molar refractivity (Wildman–Crippen MR) is 68.3 cm³/mol. The van der Waals surface area contributed by atoms with Gasteiger partial charge in [-0.3, -0.25) is 9.52 Å². The Kier molecular flexibility index (Phi) is 5.56. The first-order valence-electron chi connectivity index (χ1n) is 5.73. The molecular formula is C12H16F2N2O2S. The Labute approximate surface area is 113 Å². The van der Waals surface area contributed by atoms with Crippen LogP contribution in [0.5, 0.6) is 0 Å². The van der Waals surface area contributed by atoms with Gasteiger partial charge in [0.2, 0.25) is 5.91 Å². The van der Waals surface area contributed by atoms with Crippen LogP contribution in [-0.2, 0) is 15.8 Å². The number of carbonyl (C=O) groups excluding carboxylic acids is 1. The van der Waals surface area contributed by atoms with Crippen molar-refractivity contribution in [3.8, 4) is 0 Å². The summed E-state index contributed by atoms with van der Waals surface area (Å²) in [5.41, 5.74) is 5.61. The standard InChI is InChI=1S/C12H16F2N2O2S/c1-7(2)3-11(15)12(17)16-19(18)10-5-8(13)4-9(14)6-10/h4-7,11H,3,15H2,1-2H3,(H,16,17). The molecule has 0 spiro atoms. The van der Waals surface area contributed by atoms with Gasteiger partial charge in [0.25, 0.3) is 0 Å². The first kappa shape index (κ1) is 15.7. The number of halogens is 2. The zero-order valence-corrected chi connectivity index (χ0v) is 11.5. The zero-order chi connectivity index (χ0) is 14.6. The molecule has 0 aliphatic carbocycles. The summed E-state index contributed by atoms with van der Waals surface area (Å²) in [6, 6.07) is 1.65. The highest BCUT2D eigenvalue weighted by Gasteiger charge is 2.18. The summed E-state index contributed by atoms with van der Waals surface area (Å²) >= 11 is 0. The van der Waals surface area contributed by atoms with Gasteiger partial charge in [0, 0.05) is 6.07 Å². The molecule has 0 aromatic heterocycles. The molecule has 2 atom stereocenters. The first-order chi connectivity index (χ1) is 8.79. The smallest absolute Gasteiger partial charge is 0.248 e. The molecular weight excluding hydrogens is 274 g/mol. The van der Waals surface area contributed by atoms with Crippen LogP contribution in [-0.4, -0.2) is 16.2 Å². The first-order valence-corrected chi connectivity index (χ1v) is 6.88. The van der Waals surface area contributed by atoms with Crippen molar-refractivity contribution in [2.24, 2.45) is 11.7 Å². The van der Waals surface area contributed by atoms with E-state index in [9.17, 15) is 17.8 Å². The molecule has 0 heterocycles. The van der Waals surface area contributed by atoms with Crippen molar-refractivity contribution in [1.82, 2.24) is 4.72 Å². The van der Waals surface area contributed by atoms with Gasteiger partial charge in [0.05, 0.1) is 10.9 Å². The number of benzene rings is 1. The molecule has 106 valence electrons. The lowest BCUT2D eigenvalue weighted by Crippen LogP contribution is -2.42. The Morgan fingerprint density at radius 1 is 1.32 bits per heavy atom. The van der Waals surface area contributed by atoms with Crippen molar-refractivity contribution < 1.29 is 17.8 Å². The summed E-state index contributed by atoms with van der Waals surface area (Å²) in [6.07, 6.45) is 0.431. The summed E-state index contributed by atoms with van der Waals surface area (Å²) < 4.78 is 39.8. The highest BCUT2D eigenvalue weighted by Crippen LogP contribution is 2.11. The Morgan fingerprint density at radius 3 is 2.32 bits per heavy atom. The summed E-state index contributed by atoms with van der Waals surface area (Å²) in [5, 5.41) is 0. The second-order valence-electron chi connectivity index (χ2n) is 4.58. The van der Waals surface area contributed by atoms with Crippen LogP contribution < -0.4 is 10.5 Å². The minimum Gasteiger partial charge on any atom is -0.320 e. The summed E-state index contributed by atoms with van der Waals surface area (Å²) in [4.78, 5) is 11.5. The average molecular weight is 290 g/mol. The molecule has 19 heavy (non-hydrogen) atoms. The van der Waals surface area contributed by atoms with Gasteiger partial charge in [-0.1, -0.05) is 13.8 Å². The number of hydrogen-bond acceptors (Lipinski definition) is 3. The fraction of sp³-hybridized carbons (Fsp3) is 0.417. The van der Waals surface area contributed by atoms with Gasteiger partial charge in [-0.05, 0) is 24.5 Å². The molecule has 2 unspecified atom stereocenters. The average Bonchev–Trinajstić information content (AvgIpc) is 2.26. The van der Waals surface area contributed by atoms with Crippen molar-refractivity contribution in [2.45, 2.75) is 31.2 Å². The third kappa shape index (κ3) is 5.04. The van der Waals surface area contributed by atoms with Gasteiger partial charge in [-0.15, -0.1) is 0 Å². The summed E-state index contributed by atoms with van der Waals surface area (Å²) in [6.45, 7) is 3.79. The number of hydrogen-bond donors (Lipinski definition) is 2. The lowest BCUT2D eigenvalue weighted by molar-refractivity contribution is -0.120. The monoisotopic (exact) mass is 290 g/mol. The van der Waals surface area contributed by atoms with Gasteiger partial charge in [-0.2, -0.15) is 0 Å². The van der Waals surface area contributed by atoms with E-state index in [1.165, 1.54) is 0 Å². The predicted octanol–water partition coefficient (Wildman–Crippen LogP) is 1.48. The van der Waals surface area contributed by atoms with Crippen LogP contribution in [0.3, 0.4) is 0 Å². The van der Waals surface area contributed by atoms with Crippen LogP contribution >= 0.6 is 0 Å². The van der Waals surface area contributed by atoms with Crippen LogP contribution in [0.1, 0.15) is 20.3 Å². The molecule has 0 aliphatic heterocycles. The fourth-order valence-corrected chi connectivity index (χ4v) is 2.37. The van der Waals surface area contributed by atoms with Gasteiger partial charge < -0.3 is 5.73 Å². The molecule has 0 fully saturated rings. The molecule has 0 aliphatic rings. The molecule has 0 saturated carbocycles. The van der Waals surface area contributed by atoms with E-state index >= 15 is 0 Å². The minimum absolute atomic E-state index is 0.150. The molecule has 7 heteroatoms. The largest absolute Gasteiger partial charge is 0.320 e. The maximum atomic E-state index is 12.9. The second-order valence-corrected chi connectivity index (χ2v) is 5.79. The van der Waals surface area contributed by atoms with E-state index in [1.54, 1.807) is 0 Å². The number of amides is 1. The van der Waals surface area contributed by atoms with Gasteiger partial charge in [0.15, 0.2) is 11.0 Å². The summed E-state index contributed by atoms with van der Waals surface area (Å²) in [7, 11) is -2.03. The van der Waals surface area contributed by atoms with Crippen molar-refractivity contribution >= 4 is 16.9 Å². The van der Waals surface area contributed by atoms with Crippen LogP contribution in [0, 0.1) is 17.6 Å². The van der Waals surface area contributed by atoms with Crippen LogP contribution in [0.4, 0.5) is 8.78 Å². The third-order valence-corrected chi connectivity index (χ3v) is 3.36. The Morgan fingerprint density at radius 2 is 1.84 bits per heavy atom. The lowest BCUT2D eigenvalue weighted by atomic mass is 10.0. The maximum absolute atomic E-state index is 12.9. The molecule has 0 saturated heterocycles. The van der Waals surface area contributed by atoms with E-state index in [0.717, 1.165) is 12.1 Å². The van der Waals surface area contributed by atoms with Gasteiger partial charge in [-0.25, -0.2) is 13.0 Å². The van der Waals surface area contributed by atoms with Crippen LogP contribution in [0.15, 0.2) is 23.1 Å². The summed E-state index contributed by atoms with van der Waals surface area (Å²) in [5.74, 6) is -2.12. The van der Waals surface area contributed by atoms with Crippen molar-refractivity contribution in [1.29, 1.82) is 0 Å². The van der Waals surface area contributed by atoms with Gasteiger partial charge >= 0.3 is 0 Å². The number of nitrogens with one attached hydrogen (secondary N) is 1. The molecule has 4 nitrogen and oxygen atoms in total. The number of nitrogens with two attached hydrogens (primary N) is 1. The van der Waals surface area contributed by atoms with Crippen molar-refractivity contribution in [2.75, 3.05) is 0 Å². The van der Waals surface area contributed by atoms with E-state index in [4.69, 9.17) is 5.73 Å². The van der Waals surface area contributed by atoms with Crippen molar-refractivity contribution in [3.05, 3.63) is 29.8 Å². The fourth-order valence-electron chi connectivity index (χ4n) is 1.48. The molecule has 0 bridgehead atoms.